The van der Waals surface area contributed by atoms with Gasteiger partial charge in [0.2, 0.25) is 5.91 Å². The van der Waals surface area contributed by atoms with Gasteiger partial charge in [-0.2, -0.15) is 0 Å². The van der Waals surface area contributed by atoms with E-state index in [4.69, 9.17) is 9.47 Å². The topological polar surface area (TPSA) is 97.6 Å². The molecule has 0 radical (unpaired) electrons. The van der Waals surface area contributed by atoms with Crippen LogP contribution in [0.1, 0.15) is 69.2 Å². The van der Waals surface area contributed by atoms with Gasteiger partial charge in [0.05, 0.1) is 12.1 Å². The van der Waals surface area contributed by atoms with Gasteiger partial charge in [-0.25, -0.2) is 9.37 Å². The van der Waals surface area contributed by atoms with Gasteiger partial charge < -0.3 is 29.8 Å². The summed E-state index contributed by atoms with van der Waals surface area (Å²) in [4.78, 5) is 16.9. The Kier molecular flexibility index (Phi) is 9.25. The highest BCUT2D eigenvalue weighted by molar-refractivity contribution is 5.77. The average Bonchev–Trinajstić information content (AvgIpc) is 3.35. The summed E-state index contributed by atoms with van der Waals surface area (Å²) in [6.07, 6.45) is 7.71. The first-order chi connectivity index (χ1) is 20.4. The second-order valence-electron chi connectivity index (χ2n) is 13.5. The van der Waals surface area contributed by atoms with Crippen molar-refractivity contribution in [3.8, 4) is 17.1 Å². The Bertz CT molecular complexity index is 1430. The predicted octanol–water partition coefficient (Wildman–Crippen LogP) is 4.89. The molecule has 1 aliphatic carbocycles. The second kappa shape index (κ2) is 12.8. The molecule has 3 atom stereocenters. The van der Waals surface area contributed by atoms with E-state index < -0.39 is 18.0 Å². The maximum Gasteiger partial charge on any atom is 0.246 e. The number of aliphatic hydroxyl groups is 1. The summed E-state index contributed by atoms with van der Waals surface area (Å²) in [5, 5.41) is 18.0. The molecular formula is C34H45FN4O4. The normalized spacial score (nSPS) is 18.8. The maximum atomic E-state index is 14.7. The highest BCUT2D eigenvalue weighted by atomic mass is 19.1. The number of fused-ring (bicyclic) bond motifs is 1. The van der Waals surface area contributed by atoms with Gasteiger partial charge in [0.25, 0.3) is 0 Å². The molecule has 1 spiro atoms. The summed E-state index contributed by atoms with van der Waals surface area (Å²) in [5.41, 5.74) is 3.63. The largest absolute Gasteiger partial charge is 0.487 e. The fourth-order valence-corrected chi connectivity index (χ4v) is 6.36. The van der Waals surface area contributed by atoms with Crippen molar-refractivity contribution in [2.75, 3.05) is 20.3 Å². The molecule has 3 aromatic rings. The van der Waals surface area contributed by atoms with Crippen LogP contribution in [0.2, 0.25) is 0 Å². The molecule has 0 saturated heterocycles. The molecule has 9 heteroatoms. The van der Waals surface area contributed by atoms with Crippen LogP contribution in [0.15, 0.2) is 48.8 Å². The number of carbonyl (C=O) groups excluding carboxylic acids is 1. The molecule has 1 amide bonds. The number of hydrogen-bond acceptors (Lipinski definition) is 6. The van der Waals surface area contributed by atoms with Crippen LogP contribution in [0, 0.1) is 11.2 Å². The molecule has 232 valence electrons. The lowest BCUT2D eigenvalue weighted by Gasteiger charge is -2.48. The van der Waals surface area contributed by atoms with Gasteiger partial charge >= 0.3 is 0 Å². The van der Waals surface area contributed by atoms with Crippen molar-refractivity contribution < 1.29 is 23.8 Å². The van der Waals surface area contributed by atoms with Crippen LogP contribution in [0.3, 0.4) is 0 Å². The number of hydrogen-bond donors (Lipinski definition) is 3. The zero-order valence-corrected chi connectivity index (χ0v) is 26.0. The number of amides is 1. The van der Waals surface area contributed by atoms with E-state index in [1.807, 2.05) is 17.7 Å². The van der Waals surface area contributed by atoms with E-state index in [0.717, 1.165) is 43.4 Å². The molecule has 43 heavy (non-hydrogen) atoms. The van der Waals surface area contributed by atoms with Crippen molar-refractivity contribution >= 4 is 5.91 Å². The molecule has 2 heterocycles. The molecule has 0 bridgehead atoms. The molecule has 1 unspecified atom stereocenters. The fourth-order valence-electron chi connectivity index (χ4n) is 6.36. The van der Waals surface area contributed by atoms with Crippen molar-refractivity contribution in [2.24, 2.45) is 12.5 Å². The Hall–Kier alpha value is -3.27. The summed E-state index contributed by atoms with van der Waals surface area (Å²) in [6.45, 7) is 6.80. The van der Waals surface area contributed by atoms with Crippen molar-refractivity contribution in [1.82, 2.24) is 20.2 Å². The standard InChI is InChI=1S/C34H45FN4O4/c1-33(2,3)18-22-7-8-30-26(15-22)28(19-34(43-30)9-6-10-34)37-20-29(40)27(38-31(41)21-42-5)16-23-13-24(17-25(35)14-23)32-36-11-12-39(32)4/h7-8,11-15,17,27-29,37,40H,6,9-10,16,18-21H2,1-5H3,(H,38,41)/t27?,28-,29+/m0/s1. The van der Waals surface area contributed by atoms with E-state index >= 15 is 0 Å². The number of carbonyl (C=O) groups is 1. The molecule has 1 aliphatic heterocycles. The molecule has 1 aromatic heterocycles. The van der Waals surface area contributed by atoms with Crippen LogP contribution in [0.4, 0.5) is 4.39 Å². The number of ether oxygens (including phenoxy) is 2. The maximum absolute atomic E-state index is 14.7. The van der Waals surface area contributed by atoms with Crippen molar-refractivity contribution in [2.45, 2.75) is 83.1 Å². The lowest BCUT2D eigenvalue weighted by molar-refractivity contribution is -0.126. The lowest BCUT2D eigenvalue weighted by Crippen LogP contribution is -2.52. The third-order valence-electron chi connectivity index (χ3n) is 8.50. The third kappa shape index (κ3) is 7.63. The van der Waals surface area contributed by atoms with Gasteiger partial charge in [0, 0.05) is 56.7 Å². The summed E-state index contributed by atoms with van der Waals surface area (Å²) in [7, 11) is 3.30. The number of rotatable bonds is 11. The first kappa shape index (κ1) is 31.2. The van der Waals surface area contributed by atoms with Crippen LogP contribution in [-0.4, -0.2) is 58.6 Å². The van der Waals surface area contributed by atoms with Gasteiger partial charge in [0.15, 0.2) is 0 Å². The smallest absolute Gasteiger partial charge is 0.246 e. The number of imidazole rings is 1. The van der Waals surface area contributed by atoms with E-state index in [1.54, 1.807) is 12.4 Å². The van der Waals surface area contributed by atoms with Crippen LogP contribution < -0.4 is 15.4 Å². The van der Waals surface area contributed by atoms with Gasteiger partial charge in [-0.3, -0.25) is 4.79 Å². The summed E-state index contributed by atoms with van der Waals surface area (Å²) < 4.78 is 28.1. The number of nitrogens with zero attached hydrogens (tertiary/aromatic N) is 2. The zero-order valence-electron chi connectivity index (χ0n) is 26.0. The minimum absolute atomic E-state index is 0.00173. The lowest BCUT2D eigenvalue weighted by atomic mass is 9.72. The second-order valence-corrected chi connectivity index (χ2v) is 13.5. The molecular weight excluding hydrogens is 547 g/mol. The van der Waals surface area contributed by atoms with Gasteiger partial charge in [-0.05, 0) is 72.9 Å². The molecule has 2 aliphatic rings. The SMILES string of the molecule is COCC(=O)NC(Cc1cc(F)cc(-c2nccn2C)c1)[C@H](O)CN[C@H]1CC2(CCC2)Oc2ccc(CC(C)(C)C)cc21. The summed E-state index contributed by atoms with van der Waals surface area (Å²) in [5.74, 6) is 0.795. The number of methoxy groups -OCH3 is 1. The number of benzene rings is 2. The van der Waals surface area contributed by atoms with Crippen LogP contribution in [0.5, 0.6) is 5.75 Å². The number of nitrogens with one attached hydrogen (secondary N) is 2. The quantitative estimate of drug-likeness (QED) is 0.294. The molecule has 8 nitrogen and oxygen atoms in total. The Morgan fingerprint density at radius 3 is 2.67 bits per heavy atom. The van der Waals surface area contributed by atoms with Crippen LogP contribution in [0.25, 0.3) is 11.4 Å². The highest BCUT2D eigenvalue weighted by Gasteiger charge is 2.45. The number of aromatic nitrogens is 2. The molecule has 1 saturated carbocycles. The van der Waals surface area contributed by atoms with Crippen LogP contribution >= 0.6 is 0 Å². The fraction of sp³-hybridized carbons (Fsp3) is 0.529. The first-order valence-electron chi connectivity index (χ1n) is 15.2. The van der Waals surface area contributed by atoms with Crippen LogP contribution in [-0.2, 0) is 29.4 Å². The molecule has 2 aromatic carbocycles. The van der Waals surface area contributed by atoms with E-state index in [9.17, 15) is 14.3 Å². The average molecular weight is 593 g/mol. The summed E-state index contributed by atoms with van der Waals surface area (Å²) in [6, 6.07) is 10.6. The molecule has 3 N–H and O–H groups in total. The minimum Gasteiger partial charge on any atom is -0.487 e. The predicted molar refractivity (Wildman–Crippen MR) is 164 cm³/mol. The molecule has 1 fully saturated rings. The first-order valence-corrected chi connectivity index (χ1v) is 15.2. The third-order valence-corrected chi connectivity index (χ3v) is 8.50. The van der Waals surface area contributed by atoms with E-state index in [2.05, 4.69) is 54.6 Å². The Labute approximate surface area is 254 Å². The van der Waals surface area contributed by atoms with Gasteiger partial charge in [-0.15, -0.1) is 0 Å². The summed E-state index contributed by atoms with van der Waals surface area (Å²) >= 11 is 0. The van der Waals surface area contributed by atoms with Gasteiger partial charge in [0.1, 0.15) is 29.6 Å². The molecule has 5 rings (SSSR count). The Balaban J connectivity index is 1.35. The monoisotopic (exact) mass is 592 g/mol. The number of aliphatic hydroxyl groups excluding tert-OH is 1. The van der Waals surface area contributed by atoms with Crippen molar-refractivity contribution in [3.63, 3.8) is 0 Å². The number of halogens is 1. The highest BCUT2D eigenvalue weighted by Crippen LogP contribution is 2.49. The minimum atomic E-state index is -0.943. The number of aryl methyl sites for hydroxylation is 1. The van der Waals surface area contributed by atoms with Gasteiger partial charge in [-0.1, -0.05) is 32.9 Å². The van der Waals surface area contributed by atoms with E-state index in [0.29, 0.717) is 17.0 Å². The van der Waals surface area contributed by atoms with Crippen molar-refractivity contribution in [1.29, 1.82) is 0 Å². The Morgan fingerprint density at radius 2 is 2.02 bits per heavy atom. The van der Waals surface area contributed by atoms with E-state index in [-0.39, 0.29) is 42.5 Å². The zero-order chi connectivity index (χ0) is 30.8. The Morgan fingerprint density at radius 1 is 1.23 bits per heavy atom. The van der Waals surface area contributed by atoms with E-state index in [1.165, 1.54) is 24.8 Å². The van der Waals surface area contributed by atoms with Crippen molar-refractivity contribution in [3.05, 3.63) is 71.3 Å².